The number of carbonyl (C=O) groups excluding carboxylic acids is 1. The Balaban J connectivity index is 2.77. The summed E-state index contributed by atoms with van der Waals surface area (Å²) in [5, 5.41) is 20.3. The predicted octanol–water partition coefficient (Wildman–Crippen LogP) is 0.991. The molecule has 1 rings (SSSR count). The third-order valence-electron chi connectivity index (χ3n) is 3.03. The molecule has 0 radical (unpaired) electrons. The molecule has 1 atom stereocenters. The molecule has 3 N–H and O–H groups in total. The van der Waals surface area contributed by atoms with Gasteiger partial charge in [-0.25, -0.2) is 0 Å². The van der Waals surface area contributed by atoms with Crippen LogP contribution in [0.25, 0.3) is 0 Å². The zero-order valence-corrected chi connectivity index (χ0v) is 11.8. The van der Waals surface area contributed by atoms with E-state index in [1.165, 1.54) is 20.1 Å². The van der Waals surface area contributed by atoms with Crippen LogP contribution in [0, 0.1) is 5.41 Å². The third-order valence-corrected chi connectivity index (χ3v) is 3.03. The summed E-state index contributed by atoms with van der Waals surface area (Å²) in [4.78, 5) is 33.9. The number of amides is 1. The molecule has 0 fully saturated rings. The predicted molar refractivity (Wildman–Crippen MR) is 73.3 cm³/mol. The van der Waals surface area contributed by atoms with E-state index in [2.05, 4.69) is 5.32 Å². The Bertz CT molecular complexity index is 556. The monoisotopic (exact) mass is 295 g/mol. The molecule has 1 amide bonds. The largest absolute Gasteiger partial charge is 0.497 e. The number of nitrogens with one attached hydrogen (secondary N) is 1. The number of methoxy groups -OCH3 is 1. The highest BCUT2D eigenvalue weighted by atomic mass is 16.5. The zero-order valence-electron chi connectivity index (χ0n) is 11.8. The van der Waals surface area contributed by atoms with E-state index in [1.54, 1.807) is 18.2 Å². The number of rotatable bonds is 7. The fourth-order valence-electron chi connectivity index (χ4n) is 1.69. The minimum absolute atomic E-state index is 0.287. The molecule has 0 heterocycles. The molecule has 0 aliphatic rings. The van der Waals surface area contributed by atoms with Crippen LogP contribution in [-0.4, -0.2) is 41.7 Å². The van der Waals surface area contributed by atoms with E-state index in [0.717, 1.165) is 0 Å². The molecule has 1 aromatic carbocycles. The maximum Gasteiger partial charge on any atom is 0.311 e. The average Bonchev–Trinajstić information content (AvgIpc) is 2.44. The van der Waals surface area contributed by atoms with Crippen molar-refractivity contribution in [1.82, 2.24) is 5.32 Å². The Labute approximate surface area is 121 Å². The number of benzene rings is 1. The average molecular weight is 295 g/mol. The van der Waals surface area contributed by atoms with Gasteiger partial charge in [-0.15, -0.1) is 0 Å². The topological polar surface area (TPSA) is 113 Å². The maximum atomic E-state index is 12.0. The van der Waals surface area contributed by atoms with Crippen molar-refractivity contribution in [3.05, 3.63) is 29.8 Å². The first-order valence-electron chi connectivity index (χ1n) is 6.16. The highest BCUT2D eigenvalue weighted by Gasteiger charge is 2.36. The van der Waals surface area contributed by atoms with Crippen LogP contribution in [0.2, 0.25) is 0 Å². The molecule has 0 saturated heterocycles. The van der Waals surface area contributed by atoms with Gasteiger partial charge in [-0.05, 0) is 25.1 Å². The van der Waals surface area contributed by atoms with Crippen molar-refractivity contribution in [2.45, 2.75) is 13.3 Å². The fraction of sp³-hybridized carbons (Fsp3) is 0.357. The quantitative estimate of drug-likeness (QED) is 0.691. The number of hydrogen-bond donors (Lipinski definition) is 3. The lowest BCUT2D eigenvalue weighted by Gasteiger charge is -2.23. The number of hydrogen-bond acceptors (Lipinski definition) is 4. The molecule has 0 aliphatic carbocycles. The lowest BCUT2D eigenvalue weighted by molar-refractivity contribution is -0.154. The molecule has 21 heavy (non-hydrogen) atoms. The minimum Gasteiger partial charge on any atom is -0.497 e. The highest BCUT2D eigenvalue weighted by Crippen LogP contribution is 2.21. The van der Waals surface area contributed by atoms with E-state index < -0.39 is 29.7 Å². The summed E-state index contributed by atoms with van der Waals surface area (Å²) in [5.41, 5.74) is -1.27. The van der Waals surface area contributed by atoms with E-state index >= 15 is 0 Å². The van der Waals surface area contributed by atoms with Gasteiger partial charge in [0, 0.05) is 12.1 Å². The van der Waals surface area contributed by atoms with E-state index in [9.17, 15) is 14.4 Å². The standard InChI is InChI=1S/C14H17NO6/c1-14(13(19)20,7-11(16)17)8-15-12(18)9-4-3-5-10(6-9)21-2/h3-6H,7-8H2,1-2H3,(H,15,18)(H,16,17)(H,19,20). The van der Waals surface area contributed by atoms with Gasteiger partial charge in [0.2, 0.25) is 0 Å². The minimum atomic E-state index is -1.57. The van der Waals surface area contributed by atoms with Crippen molar-refractivity contribution >= 4 is 17.8 Å². The Morgan fingerprint density at radius 1 is 1.29 bits per heavy atom. The lowest BCUT2D eigenvalue weighted by atomic mass is 9.86. The maximum absolute atomic E-state index is 12.0. The van der Waals surface area contributed by atoms with Crippen LogP contribution >= 0.6 is 0 Å². The molecule has 0 spiro atoms. The van der Waals surface area contributed by atoms with Gasteiger partial charge < -0.3 is 20.3 Å². The summed E-state index contributed by atoms with van der Waals surface area (Å²) < 4.78 is 4.99. The zero-order chi connectivity index (χ0) is 16.0. The SMILES string of the molecule is COc1cccc(C(=O)NCC(C)(CC(=O)O)C(=O)O)c1. The number of carbonyl (C=O) groups is 3. The molecule has 0 bridgehead atoms. The van der Waals surface area contributed by atoms with Crippen LogP contribution in [0.3, 0.4) is 0 Å². The smallest absolute Gasteiger partial charge is 0.311 e. The molecule has 1 unspecified atom stereocenters. The van der Waals surface area contributed by atoms with Crippen molar-refractivity contribution in [1.29, 1.82) is 0 Å². The second kappa shape index (κ2) is 6.74. The molecule has 0 aliphatic heterocycles. The second-order valence-electron chi connectivity index (χ2n) is 4.85. The first kappa shape index (κ1) is 16.5. The Kier molecular flexibility index (Phi) is 5.29. The van der Waals surface area contributed by atoms with Crippen LogP contribution in [0.4, 0.5) is 0 Å². The van der Waals surface area contributed by atoms with Crippen LogP contribution in [-0.2, 0) is 9.59 Å². The summed E-state index contributed by atoms with van der Waals surface area (Å²) in [6, 6.07) is 6.35. The van der Waals surface area contributed by atoms with Gasteiger partial charge in [-0.1, -0.05) is 6.07 Å². The van der Waals surface area contributed by atoms with Gasteiger partial charge in [0.15, 0.2) is 0 Å². The van der Waals surface area contributed by atoms with Gasteiger partial charge in [0.1, 0.15) is 5.75 Å². The van der Waals surface area contributed by atoms with Gasteiger partial charge in [0.25, 0.3) is 5.91 Å². The fourth-order valence-corrected chi connectivity index (χ4v) is 1.69. The van der Waals surface area contributed by atoms with Gasteiger partial charge in [-0.2, -0.15) is 0 Å². The summed E-state index contributed by atoms with van der Waals surface area (Å²) in [6.45, 7) is 0.986. The summed E-state index contributed by atoms with van der Waals surface area (Å²) >= 11 is 0. The van der Waals surface area contributed by atoms with Crippen molar-refractivity contribution in [3.8, 4) is 5.75 Å². The number of carboxylic acids is 2. The molecule has 0 saturated carbocycles. The molecule has 114 valence electrons. The van der Waals surface area contributed by atoms with E-state index in [4.69, 9.17) is 14.9 Å². The Morgan fingerprint density at radius 2 is 1.95 bits per heavy atom. The summed E-state index contributed by atoms with van der Waals surface area (Å²) in [6.07, 6.45) is -0.583. The van der Waals surface area contributed by atoms with Gasteiger partial charge in [0.05, 0.1) is 18.9 Å². The van der Waals surface area contributed by atoms with E-state index in [1.807, 2.05) is 0 Å². The molecular weight excluding hydrogens is 278 g/mol. The Hall–Kier alpha value is -2.57. The molecule has 1 aromatic rings. The second-order valence-corrected chi connectivity index (χ2v) is 4.85. The molecule has 7 nitrogen and oxygen atoms in total. The van der Waals surface area contributed by atoms with Crippen molar-refractivity contribution in [3.63, 3.8) is 0 Å². The molecule has 0 aromatic heterocycles. The van der Waals surface area contributed by atoms with Crippen LogP contribution in [0.15, 0.2) is 24.3 Å². The summed E-state index contributed by atoms with van der Waals surface area (Å²) in [7, 11) is 1.46. The number of ether oxygens (including phenoxy) is 1. The summed E-state index contributed by atoms with van der Waals surface area (Å²) in [5.74, 6) is -2.52. The third kappa shape index (κ3) is 4.48. The first-order valence-corrected chi connectivity index (χ1v) is 6.16. The van der Waals surface area contributed by atoms with E-state index in [-0.39, 0.29) is 6.54 Å². The highest BCUT2D eigenvalue weighted by molar-refractivity contribution is 5.95. The first-order chi connectivity index (χ1) is 9.78. The van der Waals surface area contributed by atoms with Crippen LogP contribution in [0.5, 0.6) is 5.75 Å². The van der Waals surface area contributed by atoms with Gasteiger partial charge in [-0.3, -0.25) is 14.4 Å². The van der Waals surface area contributed by atoms with Crippen molar-refractivity contribution in [2.75, 3.05) is 13.7 Å². The number of carboxylic acid groups (broad SMARTS) is 2. The lowest BCUT2D eigenvalue weighted by Crippen LogP contribution is -2.42. The van der Waals surface area contributed by atoms with Gasteiger partial charge >= 0.3 is 11.9 Å². The van der Waals surface area contributed by atoms with E-state index in [0.29, 0.717) is 11.3 Å². The Morgan fingerprint density at radius 3 is 2.48 bits per heavy atom. The molecule has 7 heteroatoms. The van der Waals surface area contributed by atoms with Crippen molar-refractivity contribution < 1.29 is 29.3 Å². The van der Waals surface area contributed by atoms with Crippen LogP contribution in [0.1, 0.15) is 23.7 Å². The van der Waals surface area contributed by atoms with Crippen molar-refractivity contribution in [2.24, 2.45) is 5.41 Å². The van der Waals surface area contributed by atoms with Crippen LogP contribution < -0.4 is 10.1 Å². The normalized spacial score (nSPS) is 13.0. The number of aliphatic carboxylic acids is 2. The molecular formula is C14H17NO6.